The van der Waals surface area contributed by atoms with Crippen molar-refractivity contribution in [3.05, 3.63) is 40.3 Å². The number of esters is 1. The number of methoxy groups -OCH3 is 1. The number of carbonyl (C=O) groups is 2. The molecule has 1 atom stereocenters. The number of H-pyrrole nitrogens is 1. The van der Waals surface area contributed by atoms with E-state index in [1.807, 2.05) is 6.26 Å². The number of aromatic nitrogens is 2. The maximum absolute atomic E-state index is 12.3. The van der Waals surface area contributed by atoms with Crippen molar-refractivity contribution in [2.24, 2.45) is 0 Å². The van der Waals surface area contributed by atoms with Crippen molar-refractivity contribution in [2.45, 2.75) is 18.9 Å². The van der Waals surface area contributed by atoms with E-state index in [1.165, 1.54) is 7.11 Å². The van der Waals surface area contributed by atoms with E-state index in [0.29, 0.717) is 22.9 Å². The van der Waals surface area contributed by atoms with Crippen LogP contribution in [0.1, 0.15) is 12.1 Å². The maximum atomic E-state index is 12.3. The van der Waals surface area contributed by atoms with E-state index in [-0.39, 0.29) is 17.9 Å². The molecule has 0 aliphatic carbocycles. The Balaban J connectivity index is 2.15. The number of carbonyl (C=O) groups excluding carboxylic acids is 2. The number of hydrogen-bond donors (Lipinski definition) is 2. The van der Waals surface area contributed by atoms with Crippen molar-refractivity contribution in [3.63, 3.8) is 0 Å². The van der Waals surface area contributed by atoms with Gasteiger partial charge in [-0.05, 0) is 24.5 Å². The zero-order valence-electron chi connectivity index (χ0n) is 13.5. The fourth-order valence-electron chi connectivity index (χ4n) is 2.33. The molecule has 24 heavy (non-hydrogen) atoms. The summed E-state index contributed by atoms with van der Waals surface area (Å²) in [5.74, 6) is -0.104. The van der Waals surface area contributed by atoms with Gasteiger partial charge in [-0.25, -0.2) is 9.89 Å². The molecule has 2 rings (SSSR count). The molecular formula is C16H19N3O4S. The van der Waals surface area contributed by atoms with Gasteiger partial charge in [0, 0.05) is 5.39 Å². The fraction of sp³-hybridized carbons (Fsp3) is 0.375. The van der Waals surface area contributed by atoms with Crippen LogP contribution in [0.5, 0.6) is 0 Å². The first-order valence-electron chi connectivity index (χ1n) is 7.39. The van der Waals surface area contributed by atoms with Gasteiger partial charge in [0.05, 0.1) is 24.6 Å². The van der Waals surface area contributed by atoms with Crippen LogP contribution >= 0.6 is 11.8 Å². The molecule has 0 radical (unpaired) electrons. The lowest BCUT2D eigenvalue weighted by molar-refractivity contribution is -0.145. The van der Waals surface area contributed by atoms with Gasteiger partial charge in [0.25, 0.3) is 5.56 Å². The van der Waals surface area contributed by atoms with Gasteiger partial charge in [-0.3, -0.25) is 9.59 Å². The summed E-state index contributed by atoms with van der Waals surface area (Å²) in [5.41, 5.74) is 0.151. The molecular weight excluding hydrogens is 330 g/mol. The zero-order valence-corrected chi connectivity index (χ0v) is 14.3. The van der Waals surface area contributed by atoms with Crippen LogP contribution in [0.4, 0.5) is 0 Å². The number of ether oxygens (including phenoxy) is 1. The minimum Gasteiger partial charge on any atom is -0.467 e. The van der Waals surface area contributed by atoms with E-state index < -0.39 is 12.0 Å². The van der Waals surface area contributed by atoms with Crippen molar-refractivity contribution in [1.29, 1.82) is 0 Å². The van der Waals surface area contributed by atoms with Gasteiger partial charge < -0.3 is 10.1 Å². The molecule has 7 nitrogen and oxygen atoms in total. The number of amides is 1. The van der Waals surface area contributed by atoms with Gasteiger partial charge >= 0.3 is 5.97 Å². The van der Waals surface area contributed by atoms with Crippen molar-refractivity contribution in [3.8, 4) is 0 Å². The van der Waals surface area contributed by atoms with Crippen LogP contribution in [0.2, 0.25) is 0 Å². The first kappa shape index (κ1) is 18.0. The first-order valence-corrected chi connectivity index (χ1v) is 8.78. The lowest BCUT2D eigenvalue weighted by Gasteiger charge is -2.16. The van der Waals surface area contributed by atoms with Crippen LogP contribution in [0.3, 0.4) is 0 Å². The summed E-state index contributed by atoms with van der Waals surface area (Å²) >= 11 is 1.58. The smallest absolute Gasteiger partial charge is 0.328 e. The molecule has 0 aliphatic heterocycles. The van der Waals surface area contributed by atoms with Crippen LogP contribution in [-0.2, 0) is 20.7 Å². The number of hydrogen-bond acceptors (Lipinski definition) is 6. The SMILES string of the molecule is COC(=O)[C@@H](CCSC)NC(=O)Cc1n[nH]c(=O)c2ccccc12. The Morgan fingerprint density at radius 3 is 2.71 bits per heavy atom. The summed E-state index contributed by atoms with van der Waals surface area (Å²) in [5, 5.41) is 10.1. The van der Waals surface area contributed by atoms with Crippen molar-refractivity contribution >= 4 is 34.4 Å². The third-order valence-electron chi connectivity index (χ3n) is 3.53. The second-order valence-corrected chi connectivity index (χ2v) is 6.13. The summed E-state index contributed by atoms with van der Waals surface area (Å²) in [6.07, 6.45) is 2.37. The topological polar surface area (TPSA) is 101 Å². The third-order valence-corrected chi connectivity index (χ3v) is 4.18. The van der Waals surface area contributed by atoms with Crippen molar-refractivity contribution < 1.29 is 14.3 Å². The molecule has 1 aromatic heterocycles. The lowest BCUT2D eigenvalue weighted by atomic mass is 10.1. The molecule has 0 saturated carbocycles. The molecule has 0 bridgehead atoms. The van der Waals surface area contributed by atoms with Crippen LogP contribution in [0.25, 0.3) is 10.8 Å². The minimum absolute atomic E-state index is 0.0376. The molecule has 0 aliphatic rings. The molecule has 1 amide bonds. The quantitative estimate of drug-likeness (QED) is 0.720. The van der Waals surface area contributed by atoms with Crippen LogP contribution in [-0.4, -0.2) is 47.2 Å². The molecule has 0 saturated heterocycles. The minimum atomic E-state index is -0.691. The number of thioether (sulfide) groups is 1. The Labute approximate surface area is 143 Å². The molecule has 8 heteroatoms. The molecule has 2 N–H and O–H groups in total. The molecule has 0 fully saturated rings. The summed E-state index contributed by atoms with van der Waals surface area (Å²) < 4.78 is 4.72. The van der Waals surface area contributed by atoms with Gasteiger partial charge in [0.2, 0.25) is 5.91 Å². The van der Waals surface area contributed by atoms with Gasteiger partial charge in [-0.1, -0.05) is 18.2 Å². The highest BCUT2D eigenvalue weighted by Gasteiger charge is 2.21. The summed E-state index contributed by atoms with van der Waals surface area (Å²) in [6.45, 7) is 0. The first-order chi connectivity index (χ1) is 11.6. The molecule has 1 heterocycles. The maximum Gasteiger partial charge on any atom is 0.328 e. The highest BCUT2D eigenvalue weighted by atomic mass is 32.2. The highest BCUT2D eigenvalue weighted by molar-refractivity contribution is 7.98. The van der Waals surface area contributed by atoms with E-state index in [2.05, 4.69) is 15.5 Å². The number of aromatic amines is 1. The largest absolute Gasteiger partial charge is 0.467 e. The Morgan fingerprint density at radius 2 is 2.04 bits per heavy atom. The molecule has 0 spiro atoms. The molecule has 128 valence electrons. The standard InChI is InChI=1S/C16H19N3O4S/c1-23-16(22)12(7-8-24-2)17-14(20)9-13-10-5-3-4-6-11(10)15(21)19-18-13/h3-6,12H,7-9H2,1-2H3,(H,17,20)(H,19,21)/t12-/m1/s1. The summed E-state index contributed by atoms with van der Waals surface area (Å²) in [4.78, 5) is 35.8. The zero-order chi connectivity index (χ0) is 17.5. The Hall–Kier alpha value is -2.35. The van der Waals surface area contributed by atoms with Crippen LogP contribution < -0.4 is 10.9 Å². The Bertz CT molecular complexity index is 790. The fourth-order valence-corrected chi connectivity index (χ4v) is 2.80. The van der Waals surface area contributed by atoms with Gasteiger partial charge in [0.1, 0.15) is 6.04 Å². The number of fused-ring (bicyclic) bond motifs is 1. The normalized spacial score (nSPS) is 11.9. The van der Waals surface area contributed by atoms with E-state index in [9.17, 15) is 14.4 Å². The van der Waals surface area contributed by atoms with Gasteiger partial charge in [-0.2, -0.15) is 16.9 Å². The van der Waals surface area contributed by atoms with Gasteiger partial charge in [0.15, 0.2) is 0 Å². The average Bonchev–Trinajstić information content (AvgIpc) is 2.60. The monoisotopic (exact) mass is 349 g/mol. The predicted octanol–water partition coefficient (Wildman–Crippen LogP) is 0.876. The number of nitrogens with zero attached hydrogens (tertiary/aromatic N) is 1. The van der Waals surface area contributed by atoms with E-state index in [1.54, 1.807) is 36.0 Å². The summed E-state index contributed by atoms with van der Waals surface area (Å²) in [7, 11) is 1.29. The van der Waals surface area contributed by atoms with E-state index in [0.717, 1.165) is 5.75 Å². The molecule has 2 aromatic rings. The van der Waals surface area contributed by atoms with Crippen molar-refractivity contribution in [1.82, 2.24) is 15.5 Å². The van der Waals surface area contributed by atoms with Crippen molar-refractivity contribution in [2.75, 3.05) is 19.1 Å². The number of nitrogens with one attached hydrogen (secondary N) is 2. The number of benzene rings is 1. The third kappa shape index (κ3) is 4.35. The van der Waals surface area contributed by atoms with E-state index in [4.69, 9.17) is 4.74 Å². The lowest BCUT2D eigenvalue weighted by Crippen LogP contribution is -2.42. The highest BCUT2D eigenvalue weighted by Crippen LogP contribution is 2.13. The molecule has 1 aromatic carbocycles. The second-order valence-electron chi connectivity index (χ2n) is 5.15. The van der Waals surface area contributed by atoms with Crippen LogP contribution in [0.15, 0.2) is 29.1 Å². The average molecular weight is 349 g/mol. The molecule has 0 unspecified atom stereocenters. The van der Waals surface area contributed by atoms with E-state index >= 15 is 0 Å². The number of rotatable bonds is 7. The predicted molar refractivity (Wildman–Crippen MR) is 93.0 cm³/mol. The van der Waals surface area contributed by atoms with Gasteiger partial charge in [-0.15, -0.1) is 0 Å². The second kappa shape index (κ2) is 8.49. The Kier molecular flexibility index (Phi) is 6.36. The Morgan fingerprint density at radius 1 is 1.33 bits per heavy atom. The van der Waals surface area contributed by atoms with Crippen LogP contribution in [0, 0.1) is 0 Å². The summed E-state index contributed by atoms with van der Waals surface area (Å²) in [6, 6.07) is 6.25.